The molecule has 0 aromatic heterocycles. The molecule has 0 spiro atoms. The fourth-order valence-corrected chi connectivity index (χ4v) is 4.31. The van der Waals surface area contributed by atoms with Gasteiger partial charge < -0.3 is 0 Å². The maximum Gasteiger partial charge on any atom is -0.0294 e. The van der Waals surface area contributed by atoms with Crippen molar-refractivity contribution in [3.8, 4) is 0 Å². The van der Waals surface area contributed by atoms with Crippen LogP contribution in [0.5, 0.6) is 0 Å². The van der Waals surface area contributed by atoms with Crippen molar-refractivity contribution < 1.29 is 0 Å². The predicted molar refractivity (Wildman–Crippen MR) is 85.2 cm³/mol. The van der Waals surface area contributed by atoms with Gasteiger partial charge in [0, 0.05) is 0 Å². The van der Waals surface area contributed by atoms with E-state index >= 15 is 0 Å². The first-order valence-corrected chi connectivity index (χ1v) is 8.70. The van der Waals surface area contributed by atoms with Crippen molar-refractivity contribution in [2.75, 3.05) is 0 Å². The largest absolute Gasteiger partial charge is 0.0853 e. The minimum atomic E-state index is 0.648. The van der Waals surface area contributed by atoms with Crippen molar-refractivity contribution in [3.05, 3.63) is 11.6 Å². The Kier molecular flexibility index (Phi) is 5.15. The van der Waals surface area contributed by atoms with Gasteiger partial charge in [0.05, 0.1) is 0 Å². The van der Waals surface area contributed by atoms with E-state index in [1.54, 1.807) is 5.57 Å². The SMILES string of the molecule is CCC(C)C1CCC(C)(CC/C=C2/CCC(C)C2)C1. The molecule has 0 saturated heterocycles. The summed E-state index contributed by atoms with van der Waals surface area (Å²) in [6.07, 6.45) is 15.4. The molecule has 4 unspecified atom stereocenters. The maximum absolute atomic E-state index is 2.59. The molecule has 110 valence electrons. The fourth-order valence-electron chi connectivity index (χ4n) is 4.31. The number of hydrogen-bond acceptors (Lipinski definition) is 0. The van der Waals surface area contributed by atoms with E-state index in [0.717, 1.165) is 17.8 Å². The molecule has 2 aliphatic rings. The highest BCUT2D eigenvalue weighted by Crippen LogP contribution is 2.48. The monoisotopic (exact) mass is 262 g/mol. The fraction of sp³-hybridized carbons (Fsp3) is 0.895. The summed E-state index contributed by atoms with van der Waals surface area (Å²) in [5.74, 6) is 2.90. The van der Waals surface area contributed by atoms with Gasteiger partial charge in [0.1, 0.15) is 0 Å². The average molecular weight is 262 g/mol. The van der Waals surface area contributed by atoms with Crippen LogP contribution in [0.15, 0.2) is 11.6 Å². The molecule has 2 saturated carbocycles. The Morgan fingerprint density at radius 2 is 2.16 bits per heavy atom. The lowest BCUT2D eigenvalue weighted by Crippen LogP contribution is -2.14. The molecule has 0 aromatic rings. The van der Waals surface area contributed by atoms with Gasteiger partial charge in [0.25, 0.3) is 0 Å². The second-order valence-electron chi connectivity index (χ2n) is 7.95. The summed E-state index contributed by atoms with van der Waals surface area (Å²) in [5, 5.41) is 0. The van der Waals surface area contributed by atoms with Gasteiger partial charge in [-0.3, -0.25) is 0 Å². The molecular weight excluding hydrogens is 228 g/mol. The smallest absolute Gasteiger partial charge is 0.0294 e. The normalized spacial score (nSPS) is 39.1. The molecule has 0 aliphatic heterocycles. The Morgan fingerprint density at radius 1 is 1.37 bits per heavy atom. The number of hydrogen-bond donors (Lipinski definition) is 0. The van der Waals surface area contributed by atoms with Gasteiger partial charge >= 0.3 is 0 Å². The van der Waals surface area contributed by atoms with Crippen molar-refractivity contribution in [1.82, 2.24) is 0 Å². The summed E-state index contributed by atoms with van der Waals surface area (Å²) in [5.41, 5.74) is 2.41. The summed E-state index contributed by atoms with van der Waals surface area (Å²) < 4.78 is 0. The van der Waals surface area contributed by atoms with Gasteiger partial charge in [-0.15, -0.1) is 0 Å². The van der Waals surface area contributed by atoms with Crippen LogP contribution in [0.3, 0.4) is 0 Å². The van der Waals surface area contributed by atoms with Crippen LogP contribution < -0.4 is 0 Å². The van der Waals surface area contributed by atoms with Crippen molar-refractivity contribution in [2.45, 2.75) is 85.5 Å². The average Bonchev–Trinajstić information content (AvgIpc) is 2.96. The Hall–Kier alpha value is -0.260. The van der Waals surface area contributed by atoms with E-state index in [9.17, 15) is 0 Å². The van der Waals surface area contributed by atoms with Crippen LogP contribution in [0.1, 0.15) is 85.5 Å². The van der Waals surface area contributed by atoms with Crippen LogP contribution in [-0.2, 0) is 0 Å². The highest BCUT2D eigenvalue weighted by atomic mass is 14.4. The molecule has 0 aromatic carbocycles. The first-order chi connectivity index (χ1) is 9.02. The van der Waals surface area contributed by atoms with Crippen LogP contribution in [0, 0.1) is 23.2 Å². The van der Waals surface area contributed by atoms with E-state index in [4.69, 9.17) is 0 Å². The molecule has 2 rings (SSSR count). The molecule has 2 aliphatic carbocycles. The van der Waals surface area contributed by atoms with Crippen LogP contribution in [0.25, 0.3) is 0 Å². The molecule has 0 amide bonds. The Morgan fingerprint density at radius 3 is 2.79 bits per heavy atom. The Labute approximate surface area is 121 Å². The third-order valence-corrected chi connectivity index (χ3v) is 6.07. The number of allylic oxidation sites excluding steroid dienone is 2. The van der Waals surface area contributed by atoms with E-state index in [0.29, 0.717) is 5.41 Å². The Bertz CT molecular complexity index is 314. The van der Waals surface area contributed by atoms with Gasteiger partial charge in [0.15, 0.2) is 0 Å². The third kappa shape index (κ3) is 4.10. The first kappa shape index (κ1) is 15.1. The zero-order valence-electron chi connectivity index (χ0n) is 13.7. The summed E-state index contributed by atoms with van der Waals surface area (Å²) in [7, 11) is 0. The Balaban J connectivity index is 1.77. The molecule has 0 heteroatoms. The predicted octanol–water partition coefficient (Wildman–Crippen LogP) is 6.37. The molecule has 0 bridgehead atoms. The van der Waals surface area contributed by atoms with Crippen molar-refractivity contribution in [2.24, 2.45) is 23.2 Å². The molecule has 0 heterocycles. The minimum Gasteiger partial charge on any atom is -0.0853 e. The summed E-state index contributed by atoms with van der Waals surface area (Å²) >= 11 is 0. The van der Waals surface area contributed by atoms with Crippen LogP contribution in [0.4, 0.5) is 0 Å². The van der Waals surface area contributed by atoms with E-state index in [1.807, 2.05) is 0 Å². The lowest BCUT2D eigenvalue weighted by molar-refractivity contribution is 0.267. The van der Waals surface area contributed by atoms with E-state index < -0.39 is 0 Å². The van der Waals surface area contributed by atoms with Gasteiger partial charge in [0.2, 0.25) is 0 Å². The molecular formula is C19H34. The lowest BCUT2D eigenvalue weighted by Gasteiger charge is -2.25. The van der Waals surface area contributed by atoms with Gasteiger partial charge in [-0.05, 0) is 74.5 Å². The van der Waals surface area contributed by atoms with Crippen molar-refractivity contribution in [1.29, 1.82) is 0 Å². The molecule has 0 nitrogen and oxygen atoms in total. The summed E-state index contributed by atoms with van der Waals surface area (Å²) in [6.45, 7) is 9.76. The first-order valence-electron chi connectivity index (χ1n) is 8.70. The molecule has 2 fully saturated rings. The molecule has 4 atom stereocenters. The van der Waals surface area contributed by atoms with Crippen molar-refractivity contribution in [3.63, 3.8) is 0 Å². The van der Waals surface area contributed by atoms with Crippen LogP contribution in [0.2, 0.25) is 0 Å². The standard InChI is InChI=1S/C19H34/c1-5-16(3)18-10-12-19(4,14-18)11-6-7-17-9-8-15(2)13-17/h7,15-16,18H,5-6,8-14H2,1-4H3/b17-7-. The van der Waals surface area contributed by atoms with Crippen LogP contribution >= 0.6 is 0 Å². The zero-order chi connectivity index (χ0) is 13.9. The van der Waals surface area contributed by atoms with Gasteiger partial charge in [-0.25, -0.2) is 0 Å². The topological polar surface area (TPSA) is 0 Å². The lowest BCUT2D eigenvalue weighted by atomic mass is 9.80. The second kappa shape index (κ2) is 6.46. The third-order valence-electron chi connectivity index (χ3n) is 6.07. The highest BCUT2D eigenvalue weighted by Gasteiger charge is 2.36. The molecule has 0 N–H and O–H groups in total. The van der Waals surface area contributed by atoms with Crippen molar-refractivity contribution >= 4 is 0 Å². The zero-order valence-corrected chi connectivity index (χ0v) is 13.7. The maximum atomic E-state index is 2.59. The molecule has 19 heavy (non-hydrogen) atoms. The quantitative estimate of drug-likeness (QED) is 0.505. The number of rotatable bonds is 5. The van der Waals surface area contributed by atoms with Gasteiger partial charge in [-0.1, -0.05) is 45.8 Å². The summed E-state index contributed by atoms with van der Waals surface area (Å²) in [6, 6.07) is 0. The van der Waals surface area contributed by atoms with Crippen LogP contribution in [-0.4, -0.2) is 0 Å². The van der Waals surface area contributed by atoms with E-state index in [-0.39, 0.29) is 0 Å². The minimum absolute atomic E-state index is 0.648. The highest BCUT2D eigenvalue weighted by molar-refractivity contribution is 5.08. The van der Waals surface area contributed by atoms with Gasteiger partial charge in [-0.2, -0.15) is 0 Å². The molecule has 0 radical (unpaired) electrons. The van der Waals surface area contributed by atoms with E-state index in [2.05, 4.69) is 33.8 Å². The summed E-state index contributed by atoms with van der Waals surface area (Å²) in [4.78, 5) is 0. The second-order valence-corrected chi connectivity index (χ2v) is 7.95. The van der Waals surface area contributed by atoms with E-state index in [1.165, 1.54) is 57.8 Å².